The Balaban J connectivity index is 0.000000136. The number of benzene rings is 1. The van der Waals surface area contributed by atoms with Gasteiger partial charge in [0, 0.05) is 24.0 Å². The summed E-state index contributed by atoms with van der Waals surface area (Å²) in [7, 11) is 1.64. The molecule has 0 radical (unpaired) electrons. The van der Waals surface area contributed by atoms with Crippen molar-refractivity contribution in [2.75, 3.05) is 7.11 Å². The number of pyridine rings is 1. The molecule has 0 atom stereocenters. The van der Waals surface area contributed by atoms with Crippen LogP contribution in [0.3, 0.4) is 0 Å². The van der Waals surface area contributed by atoms with Gasteiger partial charge in [0.15, 0.2) is 0 Å². The summed E-state index contributed by atoms with van der Waals surface area (Å²) in [4.78, 5) is 7.04. The summed E-state index contributed by atoms with van der Waals surface area (Å²) in [6.07, 6.45) is 5.42. The van der Waals surface area contributed by atoms with Crippen LogP contribution in [0.5, 0.6) is 5.75 Å². The third-order valence-electron chi connectivity index (χ3n) is 2.32. The molecule has 0 aliphatic rings. The van der Waals surface area contributed by atoms with Gasteiger partial charge in [0.1, 0.15) is 5.75 Å². The molecule has 0 bridgehead atoms. The Hall–Kier alpha value is -2.29. The van der Waals surface area contributed by atoms with E-state index in [0.29, 0.717) is 0 Å². The summed E-state index contributed by atoms with van der Waals surface area (Å²) < 4.78 is 4.82. The van der Waals surface area contributed by atoms with Gasteiger partial charge >= 0.3 is 0 Å². The van der Waals surface area contributed by atoms with E-state index in [1.165, 1.54) is 5.39 Å². The summed E-state index contributed by atoms with van der Waals surface area (Å²) in [5.41, 5.74) is 1.06. The first-order chi connectivity index (χ1) is 8.40. The second kappa shape index (κ2) is 5.70. The number of nitrogens with one attached hydrogen (secondary N) is 1. The number of hydrogen-bond donors (Lipinski definition) is 1. The van der Waals surface area contributed by atoms with Gasteiger partial charge in [-0.25, -0.2) is 0 Å². The van der Waals surface area contributed by atoms with E-state index in [1.54, 1.807) is 13.3 Å². The second-order valence-electron chi connectivity index (χ2n) is 3.45. The van der Waals surface area contributed by atoms with Crippen molar-refractivity contribution in [3.05, 3.63) is 61.1 Å². The molecule has 2 heterocycles. The van der Waals surface area contributed by atoms with Crippen LogP contribution in [0.2, 0.25) is 0 Å². The Kier molecular flexibility index (Phi) is 3.76. The number of ether oxygens (including phenoxy) is 1. The van der Waals surface area contributed by atoms with E-state index >= 15 is 0 Å². The largest absolute Gasteiger partial charge is 0.495 e. The monoisotopic (exact) mass is 226 g/mol. The van der Waals surface area contributed by atoms with Gasteiger partial charge in [-0.3, -0.25) is 4.98 Å². The van der Waals surface area contributed by atoms with Crippen molar-refractivity contribution in [1.29, 1.82) is 0 Å². The highest BCUT2D eigenvalue weighted by Crippen LogP contribution is 2.07. The van der Waals surface area contributed by atoms with Crippen LogP contribution in [0.15, 0.2) is 61.1 Å². The number of fused-ring (bicyclic) bond motifs is 1. The number of hydrogen-bond acceptors (Lipinski definition) is 2. The van der Waals surface area contributed by atoms with Gasteiger partial charge in [-0.15, -0.1) is 0 Å². The Morgan fingerprint density at radius 3 is 2.53 bits per heavy atom. The molecule has 3 rings (SSSR count). The van der Waals surface area contributed by atoms with E-state index in [-0.39, 0.29) is 0 Å². The third kappa shape index (κ3) is 3.08. The van der Waals surface area contributed by atoms with Gasteiger partial charge in [0.2, 0.25) is 0 Å². The molecular weight excluding hydrogens is 212 g/mol. The second-order valence-corrected chi connectivity index (χ2v) is 3.45. The predicted octanol–water partition coefficient (Wildman–Crippen LogP) is 3.26. The molecule has 0 aliphatic heterocycles. The minimum Gasteiger partial charge on any atom is -0.495 e. The number of para-hydroxylation sites is 1. The first kappa shape index (κ1) is 11.2. The lowest BCUT2D eigenvalue weighted by Gasteiger charge is -1.91. The molecule has 0 fully saturated rings. The summed E-state index contributed by atoms with van der Waals surface area (Å²) in [5, 5.41) is 1.20. The van der Waals surface area contributed by atoms with Crippen LogP contribution in [0, 0.1) is 0 Å². The zero-order valence-corrected chi connectivity index (χ0v) is 9.63. The van der Waals surface area contributed by atoms with E-state index in [4.69, 9.17) is 4.74 Å². The molecule has 1 N–H and O–H groups in total. The van der Waals surface area contributed by atoms with Gasteiger partial charge in [-0.2, -0.15) is 0 Å². The fourth-order valence-corrected chi connectivity index (χ4v) is 1.45. The summed E-state index contributed by atoms with van der Waals surface area (Å²) in [5.74, 6) is 0.875. The third-order valence-corrected chi connectivity index (χ3v) is 2.32. The lowest BCUT2D eigenvalue weighted by molar-refractivity contribution is 0.415. The average Bonchev–Trinajstić information content (AvgIpc) is 2.93. The van der Waals surface area contributed by atoms with Gasteiger partial charge in [0.05, 0.1) is 12.6 Å². The van der Waals surface area contributed by atoms with E-state index in [2.05, 4.69) is 22.1 Å². The van der Waals surface area contributed by atoms with E-state index in [0.717, 1.165) is 11.3 Å². The highest BCUT2D eigenvalue weighted by atomic mass is 16.5. The minimum absolute atomic E-state index is 0.875. The first-order valence-corrected chi connectivity index (χ1v) is 5.36. The molecule has 3 aromatic rings. The minimum atomic E-state index is 0.875. The molecule has 17 heavy (non-hydrogen) atoms. The van der Waals surface area contributed by atoms with E-state index in [9.17, 15) is 0 Å². The average molecular weight is 226 g/mol. The van der Waals surface area contributed by atoms with Crippen molar-refractivity contribution in [3.8, 4) is 5.75 Å². The van der Waals surface area contributed by atoms with Gasteiger partial charge in [-0.1, -0.05) is 24.3 Å². The molecule has 3 heteroatoms. The van der Waals surface area contributed by atoms with Crippen molar-refractivity contribution < 1.29 is 4.74 Å². The maximum absolute atomic E-state index is 4.82. The number of aromatic nitrogens is 2. The number of aromatic amines is 1. The van der Waals surface area contributed by atoms with Crippen molar-refractivity contribution in [3.63, 3.8) is 0 Å². The van der Waals surface area contributed by atoms with Gasteiger partial charge < -0.3 is 9.72 Å². The molecular formula is C14H14N2O. The summed E-state index contributed by atoms with van der Waals surface area (Å²) in [6, 6.07) is 13.9. The van der Waals surface area contributed by atoms with Crippen LogP contribution in [0.25, 0.3) is 10.9 Å². The predicted molar refractivity (Wildman–Crippen MR) is 69.1 cm³/mol. The Labute approximate surface area is 100 Å². The van der Waals surface area contributed by atoms with E-state index < -0.39 is 0 Å². The molecule has 2 aromatic heterocycles. The molecule has 0 amide bonds. The van der Waals surface area contributed by atoms with Gasteiger partial charge in [0.25, 0.3) is 0 Å². The molecule has 0 unspecified atom stereocenters. The van der Waals surface area contributed by atoms with Crippen molar-refractivity contribution >= 4 is 10.9 Å². The Bertz CT molecular complexity index is 496. The SMILES string of the molecule is COc1cc[nH]c1.c1ccc2ncccc2c1. The van der Waals surface area contributed by atoms with Crippen molar-refractivity contribution in [2.24, 2.45) is 0 Å². The van der Waals surface area contributed by atoms with Crippen LogP contribution in [0.1, 0.15) is 0 Å². The molecule has 0 saturated carbocycles. The lowest BCUT2D eigenvalue weighted by Crippen LogP contribution is -1.75. The smallest absolute Gasteiger partial charge is 0.136 e. The van der Waals surface area contributed by atoms with Crippen LogP contribution >= 0.6 is 0 Å². The fraction of sp³-hybridized carbons (Fsp3) is 0.0714. The Morgan fingerprint density at radius 2 is 1.88 bits per heavy atom. The van der Waals surface area contributed by atoms with Crippen molar-refractivity contribution in [1.82, 2.24) is 9.97 Å². The van der Waals surface area contributed by atoms with Crippen LogP contribution in [-0.2, 0) is 0 Å². The molecule has 0 spiro atoms. The zero-order chi connectivity index (χ0) is 11.9. The van der Waals surface area contributed by atoms with Gasteiger partial charge in [-0.05, 0) is 18.2 Å². The highest BCUT2D eigenvalue weighted by molar-refractivity contribution is 5.77. The number of rotatable bonds is 1. The summed E-state index contributed by atoms with van der Waals surface area (Å²) in [6.45, 7) is 0. The Morgan fingerprint density at radius 1 is 1.06 bits per heavy atom. The number of nitrogens with zero attached hydrogens (tertiary/aromatic N) is 1. The molecule has 86 valence electrons. The standard InChI is InChI=1S/C9H7N.C5H7NO/c1-2-6-9-8(4-1)5-3-7-10-9;1-7-5-2-3-6-4-5/h1-7H;2-4,6H,1H3. The lowest BCUT2D eigenvalue weighted by atomic mass is 10.2. The first-order valence-electron chi connectivity index (χ1n) is 5.36. The van der Waals surface area contributed by atoms with E-state index in [1.807, 2.05) is 42.7 Å². The van der Waals surface area contributed by atoms with Crippen LogP contribution in [0.4, 0.5) is 0 Å². The van der Waals surface area contributed by atoms with Crippen LogP contribution < -0.4 is 4.74 Å². The molecule has 0 aliphatic carbocycles. The number of methoxy groups -OCH3 is 1. The summed E-state index contributed by atoms with van der Waals surface area (Å²) >= 11 is 0. The maximum atomic E-state index is 4.82. The maximum Gasteiger partial charge on any atom is 0.136 e. The molecule has 1 aromatic carbocycles. The topological polar surface area (TPSA) is 37.9 Å². The molecule has 3 nitrogen and oxygen atoms in total. The number of H-pyrrole nitrogens is 1. The normalized spacial score (nSPS) is 9.47. The zero-order valence-electron chi connectivity index (χ0n) is 9.63. The van der Waals surface area contributed by atoms with Crippen molar-refractivity contribution in [2.45, 2.75) is 0 Å². The highest BCUT2D eigenvalue weighted by Gasteiger charge is 1.86. The van der Waals surface area contributed by atoms with Crippen LogP contribution in [-0.4, -0.2) is 17.1 Å². The fourth-order valence-electron chi connectivity index (χ4n) is 1.45. The quantitative estimate of drug-likeness (QED) is 0.691. The molecule has 0 saturated heterocycles.